The predicted molar refractivity (Wildman–Crippen MR) is 92.7 cm³/mol. The summed E-state index contributed by atoms with van der Waals surface area (Å²) in [4.78, 5) is 12.2. The van der Waals surface area contributed by atoms with E-state index in [-0.39, 0.29) is 12.5 Å². The summed E-state index contributed by atoms with van der Waals surface area (Å²) in [6, 6.07) is 14.4. The molecule has 0 fully saturated rings. The van der Waals surface area contributed by atoms with Crippen LogP contribution >= 0.6 is 0 Å². The highest BCUT2D eigenvalue weighted by atomic mass is 19.4. The third kappa shape index (κ3) is 4.46. The van der Waals surface area contributed by atoms with Gasteiger partial charge >= 0.3 is 6.18 Å². The van der Waals surface area contributed by atoms with Gasteiger partial charge in [0.05, 0.1) is 12.8 Å². The molecule has 5 nitrogen and oxygen atoms in total. The van der Waals surface area contributed by atoms with Gasteiger partial charge in [-0.2, -0.15) is 18.3 Å². The van der Waals surface area contributed by atoms with E-state index in [0.717, 1.165) is 16.3 Å². The Bertz CT molecular complexity index is 934. The fourth-order valence-corrected chi connectivity index (χ4v) is 2.43. The average Bonchev–Trinajstić information content (AvgIpc) is 3.17. The van der Waals surface area contributed by atoms with Crippen LogP contribution in [0.3, 0.4) is 0 Å². The van der Waals surface area contributed by atoms with E-state index in [0.29, 0.717) is 17.0 Å². The van der Waals surface area contributed by atoms with E-state index in [9.17, 15) is 18.0 Å². The Hall–Kier alpha value is -3.29. The molecule has 140 valence electrons. The van der Waals surface area contributed by atoms with Crippen LogP contribution in [0, 0.1) is 0 Å². The summed E-state index contributed by atoms with van der Waals surface area (Å²) in [5.41, 5.74) is 0.825. The van der Waals surface area contributed by atoms with Gasteiger partial charge in [0.25, 0.3) is 5.91 Å². The molecule has 27 heavy (non-hydrogen) atoms. The predicted octanol–water partition coefficient (Wildman–Crippen LogP) is 3.83. The van der Waals surface area contributed by atoms with Crippen molar-refractivity contribution in [1.29, 1.82) is 0 Å². The molecule has 2 aromatic carbocycles. The molecule has 8 heteroatoms. The molecule has 1 heterocycles. The smallest absolute Gasteiger partial charge is 0.435 e. The van der Waals surface area contributed by atoms with Crippen LogP contribution in [0.5, 0.6) is 5.75 Å². The molecule has 1 aromatic heterocycles. The zero-order valence-electron chi connectivity index (χ0n) is 14.3. The Morgan fingerprint density at radius 1 is 1.15 bits per heavy atom. The lowest BCUT2D eigenvalue weighted by Gasteiger charge is -2.08. The Kier molecular flexibility index (Phi) is 5.16. The molecule has 1 amide bonds. The number of carbonyl (C=O) groups excluding carboxylic acids is 1. The van der Waals surface area contributed by atoms with E-state index < -0.39 is 11.9 Å². The number of amides is 1. The number of hydrogen-bond acceptors (Lipinski definition) is 3. The van der Waals surface area contributed by atoms with Crippen LogP contribution in [-0.2, 0) is 12.7 Å². The van der Waals surface area contributed by atoms with E-state index in [4.69, 9.17) is 4.74 Å². The summed E-state index contributed by atoms with van der Waals surface area (Å²) in [5, 5.41) is 6.31. The van der Waals surface area contributed by atoms with Gasteiger partial charge in [0.1, 0.15) is 5.75 Å². The lowest BCUT2D eigenvalue weighted by Crippen LogP contribution is -2.22. The fourth-order valence-electron chi connectivity index (χ4n) is 2.43. The largest absolute Gasteiger partial charge is 0.497 e. The molecule has 0 aliphatic carbocycles. The number of hydrogen-bond donors (Lipinski definition) is 1. The number of rotatable bonds is 5. The van der Waals surface area contributed by atoms with Crippen molar-refractivity contribution in [2.45, 2.75) is 12.7 Å². The number of aromatic nitrogens is 2. The maximum Gasteiger partial charge on any atom is 0.435 e. The van der Waals surface area contributed by atoms with Crippen molar-refractivity contribution in [3.05, 3.63) is 77.6 Å². The molecule has 0 unspecified atom stereocenters. The van der Waals surface area contributed by atoms with Gasteiger partial charge in [-0.3, -0.25) is 4.79 Å². The third-order valence-corrected chi connectivity index (χ3v) is 3.87. The van der Waals surface area contributed by atoms with Gasteiger partial charge in [0.15, 0.2) is 5.69 Å². The Morgan fingerprint density at radius 3 is 2.52 bits per heavy atom. The summed E-state index contributed by atoms with van der Waals surface area (Å²) < 4.78 is 44.1. The molecule has 0 radical (unpaired) electrons. The zero-order valence-corrected chi connectivity index (χ0v) is 14.3. The fraction of sp³-hybridized carbons (Fsp3) is 0.158. The first-order valence-electron chi connectivity index (χ1n) is 8.01. The molecule has 0 saturated heterocycles. The number of halogens is 3. The first kappa shape index (κ1) is 18.5. The molecule has 0 aliphatic heterocycles. The SMILES string of the molecule is COc1cccc(C(=O)NCc2ccc(-n3ccc(C(F)(F)F)n3)cc2)c1. The van der Waals surface area contributed by atoms with Crippen LogP contribution in [-0.4, -0.2) is 22.8 Å². The number of benzene rings is 2. The molecule has 0 saturated carbocycles. The number of ether oxygens (including phenoxy) is 1. The number of nitrogens with zero attached hydrogens (tertiary/aromatic N) is 2. The van der Waals surface area contributed by atoms with Gasteiger partial charge in [-0.15, -0.1) is 0 Å². The van der Waals surface area contributed by atoms with Gasteiger partial charge in [-0.05, 0) is 42.0 Å². The zero-order chi connectivity index (χ0) is 19.4. The van der Waals surface area contributed by atoms with E-state index in [2.05, 4.69) is 10.4 Å². The van der Waals surface area contributed by atoms with Crippen molar-refractivity contribution in [3.8, 4) is 11.4 Å². The minimum absolute atomic E-state index is 0.250. The summed E-state index contributed by atoms with van der Waals surface area (Å²) in [6.07, 6.45) is -3.22. The monoisotopic (exact) mass is 375 g/mol. The maximum absolute atomic E-state index is 12.6. The van der Waals surface area contributed by atoms with E-state index in [1.807, 2.05) is 0 Å². The van der Waals surface area contributed by atoms with E-state index in [1.54, 1.807) is 48.5 Å². The highest BCUT2D eigenvalue weighted by molar-refractivity contribution is 5.94. The molecular formula is C19H16F3N3O2. The van der Waals surface area contributed by atoms with Crippen LogP contribution in [0.15, 0.2) is 60.8 Å². The summed E-state index contributed by atoms with van der Waals surface area (Å²) >= 11 is 0. The second kappa shape index (κ2) is 7.53. The van der Waals surface area contributed by atoms with Crippen molar-refractivity contribution in [2.24, 2.45) is 0 Å². The minimum Gasteiger partial charge on any atom is -0.497 e. The molecule has 0 spiro atoms. The number of nitrogens with one attached hydrogen (secondary N) is 1. The van der Waals surface area contributed by atoms with E-state index >= 15 is 0 Å². The van der Waals surface area contributed by atoms with Crippen LogP contribution in [0.2, 0.25) is 0 Å². The second-order valence-electron chi connectivity index (χ2n) is 5.72. The lowest BCUT2D eigenvalue weighted by molar-refractivity contribution is -0.141. The molecule has 0 atom stereocenters. The number of alkyl halides is 3. The summed E-state index contributed by atoms with van der Waals surface area (Å²) in [6.45, 7) is 0.281. The standard InChI is InChI=1S/C19H16F3N3O2/c1-27-16-4-2-3-14(11-16)18(26)23-12-13-5-7-15(8-6-13)25-10-9-17(24-25)19(20,21)22/h2-11H,12H2,1H3,(H,23,26). The van der Waals surface area contributed by atoms with E-state index in [1.165, 1.54) is 13.3 Å². The van der Waals surface area contributed by atoms with Crippen LogP contribution < -0.4 is 10.1 Å². The van der Waals surface area contributed by atoms with Crippen LogP contribution in [0.4, 0.5) is 13.2 Å². The first-order chi connectivity index (χ1) is 12.9. The lowest BCUT2D eigenvalue weighted by atomic mass is 10.1. The van der Waals surface area contributed by atoms with Crippen molar-refractivity contribution >= 4 is 5.91 Å². The molecule has 0 bridgehead atoms. The average molecular weight is 375 g/mol. The molecule has 3 rings (SSSR count). The maximum atomic E-state index is 12.6. The molecule has 1 N–H and O–H groups in total. The second-order valence-corrected chi connectivity index (χ2v) is 5.72. The Labute approximate surface area is 153 Å². The highest BCUT2D eigenvalue weighted by Crippen LogP contribution is 2.27. The quantitative estimate of drug-likeness (QED) is 0.737. The summed E-state index contributed by atoms with van der Waals surface area (Å²) in [5.74, 6) is 0.337. The van der Waals surface area contributed by atoms with Gasteiger partial charge in [-0.1, -0.05) is 18.2 Å². The van der Waals surface area contributed by atoms with Crippen molar-refractivity contribution < 1.29 is 22.7 Å². The number of methoxy groups -OCH3 is 1. The topological polar surface area (TPSA) is 56.1 Å². The van der Waals surface area contributed by atoms with Crippen molar-refractivity contribution in [1.82, 2.24) is 15.1 Å². The van der Waals surface area contributed by atoms with Crippen LogP contribution in [0.25, 0.3) is 5.69 Å². The van der Waals surface area contributed by atoms with Crippen molar-refractivity contribution in [3.63, 3.8) is 0 Å². The highest BCUT2D eigenvalue weighted by Gasteiger charge is 2.33. The van der Waals surface area contributed by atoms with Gasteiger partial charge in [0.2, 0.25) is 0 Å². The molecule has 3 aromatic rings. The van der Waals surface area contributed by atoms with Crippen LogP contribution in [0.1, 0.15) is 21.6 Å². The molecular weight excluding hydrogens is 359 g/mol. The van der Waals surface area contributed by atoms with Crippen molar-refractivity contribution in [2.75, 3.05) is 7.11 Å². The van der Waals surface area contributed by atoms with Gasteiger partial charge in [-0.25, -0.2) is 4.68 Å². The van der Waals surface area contributed by atoms with Gasteiger partial charge in [0, 0.05) is 18.3 Å². The Morgan fingerprint density at radius 2 is 1.89 bits per heavy atom. The summed E-state index contributed by atoms with van der Waals surface area (Å²) in [7, 11) is 1.52. The molecule has 0 aliphatic rings. The number of carbonyl (C=O) groups is 1. The third-order valence-electron chi connectivity index (χ3n) is 3.87. The minimum atomic E-state index is -4.48. The normalized spacial score (nSPS) is 11.3. The Balaban J connectivity index is 1.64. The first-order valence-corrected chi connectivity index (χ1v) is 8.01. The van der Waals surface area contributed by atoms with Gasteiger partial charge < -0.3 is 10.1 Å².